The van der Waals surface area contributed by atoms with Gasteiger partial charge in [-0.3, -0.25) is 9.59 Å². The first-order chi connectivity index (χ1) is 18.5. The number of fused-ring (bicyclic) bond motifs is 1. The highest BCUT2D eigenvalue weighted by molar-refractivity contribution is 5.95. The average Bonchev–Trinajstić information content (AvgIpc) is 3.31. The Kier molecular flexibility index (Phi) is 7.08. The van der Waals surface area contributed by atoms with Crippen LogP contribution in [0.15, 0.2) is 91.1 Å². The lowest BCUT2D eigenvalue weighted by atomic mass is 10.1. The van der Waals surface area contributed by atoms with Crippen molar-refractivity contribution in [3.8, 4) is 0 Å². The van der Waals surface area contributed by atoms with Crippen molar-refractivity contribution < 1.29 is 9.59 Å². The Morgan fingerprint density at radius 2 is 1.37 bits per heavy atom. The molecule has 2 aromatic heterocycles. The van der Waals surface area contributed by atoms with Crippen LogP contribution in [-0.2, 0) is 22.4 Å². The molecule has 0 fully saturated rings. The number of carbonyl (C=O) groups is 2. The van der Waals surface area contributed by atoms with E-state index in [0.29, 0.717) is 35.2 Å². The molecule has 0 saturated carbocycles. The third-order valence-electron chi connectivity index (χ3n) is 5.99. The van der Waals surface area contributed by atoms with Gasteiger partial charge < -0.3 is 15.5 Å². The van der Waals surface area contributed by atoms with E-state index in [-0.39, 0.29) is 18.2 Å². The highest BCUT2D eigenvalue weighted by Crippen LogP contribution is 2.26. The van der Waals surface area contributed by atoms with Gasteiger partial charge in [0.2, 0.25) is 17.8 Å². The zero-order valence-electron chi connectivity index (χ0n) is 21.1. The van der Waals surface area contributed by atoms with E-state index >= 15 is 0 Å². The lowest BCUT2D eigenvalue weighted by Gasteiger charge is -2.19. The van der Waals surface area contributed by atoms with Crippen molar-refractivity contribution in [1.82, 2.24) is 19.6 Å². The molecule has 0 aliphatic rings. The Bertz CT molecular complexity index is 1570. The molecule has 0 radical (unpaired) electrons. The molecule has 3 aromatic carbocycles. The molecule has 5 aromatic rings. The number of hydrogen-bond acceptors (Lipinski definition) is 6. The molecular weight excluding hydrogens is 478 g/mol. The molecule has 0 saturated heterocycles. The number of amides is 2. The third-order valence-corrected chi connectivity index (χ3v) is 5.99. The van der Waals surface area contributed by atoms with E-state index in [2.05, 4.69) is 25.7 Å². The molecule has 0 bridgehead atoms. The van der Waals surface area contributed by atoms with Crippen molar-refractivity contribution in [1.29, 1.82) is 0 Å². The van der Waals surface area contributed by atoms with Crippen molar-refractivity contribution in [2.45, 2.75) is 19.8 Å². The summed E-state index contributed by atoms with van der Waals surface area (Å²) >= 11 is 0. The zero-order valence-corrected chi connectivity index (χ0v) is 21.1. The van der Waals surface area contributed by atoms with Crippen LogP contribution in [-0.4, -0.2) is 38.4 Å². The molecule has 5 rings (SSSR count). The van der Waals surface area contributed by atoms with Crippen molar-refractivity contribution >= 4 is 40.5 Å². The van der Waals surface area contributed by atoms with Gasteiger partial charge in [0.05, 0.1) is 19.0 Å². The normalized spacial score (nSPS) is 10.8. The maximum atomic E-state index is 12.6. The average molecular weight is 506 g/mol. The number of hydrogen-bond donors (Lipinski definition) is 2. The largest absolute Gasteiger partial charge is 0.326 e. The quantitative estimate of drug-likeness (QED) is 0.320. The summed E-state index contributed by atoms with van der Waals surface area (Å²) in [6.45, 7) is 1.80. The second-order valence-electron chi connectivity index (χ2n) is 8.89. The smallest absolute Gasteiger partial charge is 0.234 e. The van der Waals surface area contributed by atoms with Gasteiger partial charge in [0.25, 0.3) is 0 Å². The summed E-state index contributed by atoms with van der Waals surface area (Å²) in [7, 11) is 1.87. The van der Waals surface area contributed by atoms with Crippen molar-refractivity contribution in [2.24, 2.45) is 0 Å². The predicted octanol–water partition coefficient (Wildman–Crippen LogP) is 4.56. The van der Waals surface area contributed by atoms with Crippen molar-refractivity contribution in [2.75, 3.05) is 22.6 Å². The maximum Gasteiger partial charge on any atom is 0.234 e. The molecule has 0 unspecified atom stereocenters. The van der Waals surface area contributed by atoms with E-state index < -0.39 is 0 Å². The topological polar surface area (TPSA) is 105 Å². The molecule has 0 aliphatic carbocycles. The molecule has 38 heavy (non-hydrogen) atoms. The Morgan fingerprint density at radius 3 is 1.97 bits per heavy atom. The van der Waals surface area contributed by atoms with Gasteiger partial charge in [0.15, 0.2) is 5.65 Å². The molecule has 0 aliphatic heterocycles. The Labute approximate surface area is 220 Å². The Balaban J connectivity index is 1.31. The number of carbonyl (C=O) groups excluding carboxylic acids is 2. The van der Waals surface area contributed by atoms with Crippen LogP contribution in [0.1, 0.15) is 17.0 Å². The van der Waals surface area contributed by atoms with Crippen LogP contribution in [0.25, 0.3) is 5.65 Å². The van der Waals surface area contributed by atoms with Gasteiger partial charge in [-0.25, -0.2) is 4.98 Å². The van der Waals surface area contributed by atoms with Crippen LogP contribution in [0.2, 0.25) is 0 Å². The lowest BCUT2D eigenvalue weighted by molar-refractivity contribution is -0.116. The molecule has 190 valence electrons. The first kappa shape index (κ1) is 24.6. The summed E-state index contributed by atoms with van der Waals surface area (Å²) in [6, 6.07) is 26.6. The predicted molar refractivity (Wildman–Crippen MR) is 148 cm³/mol. The number of aromatic nitrogens is 4. The number of nitrogens with one attached hydrogen (secondary N) is 2. The lowest BCUT2D eigenvalue weighted by Crippen LogP contribution is -2.18. The van der Waals surface area contributed by atoms with E-state index in [0.717, 1.165) is 16.8 Å². The van der Waals surface area contributed by atoms with E-state index in [9.17, 15) is 9.59 Å². The fraction of sp³-hybridized carbons (Fsp3) is 0.138. The standard InChI is InChI=1S/C29H27N7O2/c1-20-31-28-25(34-27(38)18-22-11-7-4-8-12-22)19-30-36(28)29(32-20)35(2)24-15-13-23(14-16-24)33-26(37)17-21-9-5-3-6-10-21/h3-16,19H,17-18H2,1-2H3,(H,33,37)(H,34,38). The van der Waals surface area contributed by atoms with Gasteiger partial charge in [0.1, 0.15) is 11.5 Å². The van der Waals surface area contributed by atoms with Crippen LogP contribution in [0.5, 0.6) is 0 Å². The summed E-state index contributed by atoms with van der Waals surface area (Å²) in [5.41, 5.74) is 4.45. The van der Waals surface area contributed by atoms with Crippen molar-refractivity contribution in [3.63, 3.8) is 0 Å². The number of benzene rings is 3. The van der Waals surface area contributed by atoms with Gasteiger partial charge in [-0.15, -0.1) is 0 Å². The molecule has 0 atom stereocenters. The summed E-state index contributed by atoms with van der Waals surface area (Å²) < 4.78 is 1.60. The highest BCUT2D eigenvalue weighted by Gasteiger charge is 2.17. The van der Waals surface area contributed by atoms with Crippen LogP contribution in [0.3, 0.4) is 0 Å². The Morgan fingerprint density at radius 1 is 0.789 bits per heavy atom. The van der Waals surface area contributed by atoms with Gasteiger partial charge in [-0.1, -0.05) is 60.7 Å². The second-order valence-corrected chi connectivity index (χ2v) is 8.89. The fourth-order valence-corrected chi connectivity index (χ4v) is 4.12. The van der Waals surface area contributed by atoms with E-state index in [1.54, 1.807) is 17.6 Å². The molecular formula is C29H27N7O2. The van der Waals surface area contributed by atoms with E-state index in [4.69, 9.17) is 0 Å². The number of rotatable bonds is 8. The maximum absolute atomic E-state index is 12.6. The number of aryl methyl sites for hydroxylation is 1. The van der Waals surface area contributed by atoms with Crippen LogP contribution in [0, 0.1) is 6.92 Å². The highest BCUT2D eigenvalue weighted by atomic mass is 16.2. The molecule has 9 heteroatoms. The van der Waals surface area contributed by atoms with E-state index in [1.165, 1.54) is 0 Å². The van der Waals surface area contributed by atoms with Gasteiger partial charge in [-0.05, 0) is 42.3 Å². The summed E-state index contributed by atoms with van der Waals surface area (Å²) in [5, 5.41) is 10.3. The first-order valence-corrected chi connectivity index (χ1v) is 12.2. The first-order valence-electron chi connectivity index (χ1n) is 12.2. The SMILES string of the molecule is Cc1nc(N(C)c2ccc(NC(=O)Cc3ccccc3)cc2)n2ncc(NC(=O)Cc3ccccc3)c2n1. The molecule has 2 amide bonds. The Hall–Kier alpha value is -5.05. The molecule has 9 nitrogen and oxygen atoms in total. The van der Waals surface area contributed by atoms with Gasteiger partial charge in [-0.2, -0.15) is 14.6 Å². The summed E-state index contributed by atoms with van der Waals surface area (Å²) in [5.74, 6) is 0.853. The van der Waals surface area contributed by atoms with Gasteiger partial charge in [0, 0.05) is 18.4 Å². The minimum Gasteiger partial charge on any atom is -0.326 e. The second kappa shape index (κ2) is 10.9. The molecule has 0 spiro atoms. The minimum atomic E-state index is -0.151. The van der Waals surface area contributed by atoms with Gasteiger partial charge >= 0.3 is 0 Å². The zero-order chi connectivity index (χ0) is 26.5. The monoisotopic (exact) mass is 505 g/mol. The summed E-state index contributed by atoms with van der Waals surface area (Å²) in [6.07, 6.45) is 2.14. The third kappa shape index (κ3) is 5.67. The van der Waals surface area contributed by atoms with Crippen molar-refractivity contribution in [3.05, 3.63) is 108 Å². The number of anilines is 4. The summed E-state index contributed by atoms with van der Waals surface area (Å²) in [4.78, 5) is 36.0. The van der Waals surface area contributed by atoms with Crippen LogP contribution < -0.4 is 15.5 Å². The van der Waals surface area contributed by atoms with E-state index in [1.807, 2.05) is 96.9 Å². The number of nitrogens with zero attached hydrogens (tertiary/aromatic N) is 5. The van der Waals surface area contributed by atoms with Crippen LogP contribution >= 0.6 is 0 Å². The molecule has 2 heterocycles. The van der Waals surface area contributed by atoms with Crippen LogP contribution in [0.4, 0.5) is 23.0 Å². The molecule has 2 N–H and O–H groups in total. The fourth-order valence-electron chi connectivity index (χ4n) is 4.12. The minimum absolute atomic E-state index is 0.0798.